The molecular weight excluding hydrogens is 785 g/mol. The minimum absolute atomic E-state index is 0.0157. The van der Waals surface area contributed by atoms with Crippen LogP contribution < -0.4 is 21.7 Å². The molecule has 2 saturated carbocycles. The Morgan fingerprint density at radius 1 is 0.863 bits per heavy atom. The lowest BCUT2D eigenvalue weighted by atomic mass is 9.80. The first-order valence-electron chi connectivity index (χ1n) is 18.4. The van der Waals surface area contributed by atoms with Gasteiger partial charge in [0.05, 0.1) is 17.5 Å². The van der Waals surface area contributed by atoms with Gasteiger partial charge in [-0.25, -0.2) is 13.2 Å². The highest BCUT2D eigenvalue weighted by atomic mass is 127. The summed E-state index contributed by atoms with van der Waals surface area (Å²) in [6.07, 6.45) is 7.32. The van der Waals surface area contributed by atoms with Crippen molar-refractivity contribution in [2.45, 2.75) is 120 Å². The van der Waals surface area contributed by atoms with Crippen LogP contribution >= 0.6 is 22.6 Å². The fraction of sp³-hybridized carbons (Fsp3) is 0.703. The summed E-state index contributed by atoms with van der Waals surface area (Å²) < 4.78 is 25.3. The van der Waals surface area contributed by atoms with Crippen molar-refractivity contribution in [2.75, 3.05) is 12.3 Å². The molecule has 0 radical (unpaired) electrons. The third kappa shape index (κ3) is 13.3. The summed E-state index contributed by atoms with van der Waals surface area (Å²) in [5.41, 5.74) is 6.00. The summed E-state index contributed by atoms with van der Waals surface area (Å²) >= 11 is 1.89. The molecule has 0 bridgehead atoms. The van der Waals surface area contributed by atoms with Crippen LogP contribution in [0, 0.1) is 29.6 Å². The molecule has 1 unspecified atom stereocenters. The highest BCUT2D eigenvalue weighted by molar-refractivity contribution is 14.1. The lowest BCUT2D eigenvalue weighted by Gasteiger charge is -2.38. The topological polar surface area (TPSA) is 185 Å². The first-order chi connectivity index (χ1) is 24.0. The highest BCUT2D eigenvalue weighted by Crippen LogP contribution is 2.32. The van der Waals surface area contributed by atoms with Gasteiger partial charge in [-0.2, -0.15) is 0 Å². The maximum atomic E-state index is 14.7. The van der Waals surface area contributed by atoms with Gasteiger partial charge in [-0.05, 0) is 77.0 Å². The Kier molecular flexibility index (Phi) is 16.7. The van der Waals surface area contributed by atoms with Crippen molar-refractivity contribution in [1.29, 1.82) is 0 Å². The molecule has 3 rings (SSSR count). The number of carbonyl (C=O) groups excluding carboxylic acids is 5. The van der Waals surface area contributed by atoms with Crippen LogP contribution in [0.25, 0.3) is 0 Å². The molecule has 0 aliphatic heterocycles. The predicted molar refractivity (Wildman–Crippen MR) is 206 cm³/mol. The van der Waals surface area contributed by atoms with Crippen molar-refractivity contribution in [3.8, 4) is 0 Å². The van der Waals surface area contributed by atoms with E-state index in [9.17, 15) is 32.4 Å². The number of carbonyl (C=O) groups is 5. The van der Waals surface area contributed by atoms with Crippen molar-refractivity contribution in [3.63, 3.8) is 0 Å². The molecule has 51 heavy (non-hydrogen) atoms. The zero-order chi connectivity index (χ0) is 37.9. The Morgan fingerprint density at radius 2 is 1.49 bits per heavy atom. The van der Waals surface area contributed by atoms with Gasteiger partial charge in [-0.15, -0.1) is 0 Å². The van der Waals surface area contributed by atoms with E-state index in [1.165, 1.54) is 4.90 Å². The fourth-order valence-corrected chi connectivity index (χ4v) is 9.12. The van der Waals surface area contributed by atoms with Crippen LogP contribution in [-0.2, 0) is 34.8 Å². The second-order valence-electron chi connectivity index (χ2n) is 15.3. The Morgan fingerprint density at radius 3 is 2.02 bits per heavy atom. The molecule has 0 heterocycles. The number of urea groups is 1. The van der Waals surface area contributed by atoms with Crippen LogP contribution in [0.3, 0.4) is 0 Å². The van der Waals surface area contributed by atoms with E-state index in [2.05, 4.69) is 16.0 Å². The van der Waals surface area contributed by atoms with Crippen LogP contribution in [0.2, 0.25) is 0 Å². The van der Waals surface area contributed by atoms with Crippen LogP contribution in [0.1, 0.15) is 98.0 Å². The van der Waals surface area contributed by atoms with Crippen molar-refractivity contribution in [2.24, 2.45) is 35.3 Å². The third-order valence-corrected chi connectivity index (χ3v) is 13.4. The molecule has 286 valence electrons. The summed E-state index contributed by atoms with van der Waals surface area (Å²) in [7, 11) is -3.59. The summed E-state index contributed by atoms with van der Waals surface area (Å²) in [5, 5.41) is 8.49. The van der Waals surface area contributed by atoms with Crippen molar-refractivity contribution < 1.29 is 32.4 Å². The van der Waals surface area contributed by atoms with E-state index in [4.69, 9.17) is 5.73 Å². The Bertz CT molecular complexity index is 1450. The Hall–Kier alpha value is -2.75. The van der Waals surface area contributed by atoms with Gasteiger partial charge in [-0.1, -0.05) is 103 Å². The van der Waals surface area contributed by atoms with Crippen LogP contribution in [0.5, 0.6) is 0 Å². The number of Topliss-reactive ketones (excluding diaryl/α,β-unsaturated/α-hetero) is 1. The normalized spacial score (nSPS) is 18.5. The number of sulfone groups is 1. The lowest BCUT2D eigenvalue weighted by molar-refractivity contribution is -0.142. The van der Waals surface area contributed by atoms with Gasteiger partial charge in [-0.3, -0.25) is 19.2 Å². The minimum atomic E-state index is -3.59. The average molecular weight is 844 g/mol. The molecule has 12 nitrogen and oxygen atoms in total. The third-order valence-electron chi connectivity index (χ3n) is 10.5. The van der Waals surface area contributed by atoms with Crippen LogP contribution in [0.15, 0.2) is 30.3 Å². The molecule has 2 fully saturated rings. The summed E-state index contributed by atoms with van der Waals surface area (Å²) in [5.74, 6) is -3.47. The lowest BCUT2D eigenvalue weighted by Crippen LogP contribution is -2.60. The van der Waals surface area contributed by atoms with Crippen molar-refractivity contribution in [1.82, 2.24) is 20.9 Å². The SMILES string of the molecule is CC(C)[C@H](C)CN(C(=O)[C@@H](NC(=O)N[C@H](CS(=O)(=O)Cc1ccccc1)C(C)C)C1CCCCC1)[C@@H](I)C(=O)NC(CC1CCC1)C(=O)C(N)=O. The monoisotopic (exact) mass is 843 g/mol. The molecule has 5 atom stereocenters. The molecule has 5 amide bonds. The van der Waals surface area contributed by atoms with Gasteiger partial charge in [0.15, 0.2) is 13.9 Å². The second kappa shape index (κ2) is 19.9. The van der Waals surface area contributed by atoms with E-state index in [-0.39, 0.29) is 47.6 Å². The van der Waals surface area contributed by atoms with Gasteiger partial charge in [0, 0.05) is 12.6 Å². The van der Waals surface area contributed by atoms with E-state index in [0.29, 0.717) is 24.8 Å². The molecule has 2 aliphatic carbocycles. The molecule has 14 heteroatoms. The number of hydrogen-bond acceptors (Lipinski definition) is 7. The largest absolute Gasteiger partial charge is 0.363 e. The second-order valence-corrected chi connectivity index (χ2v) is 18.5. The predicted octanol–water partition coefficient (Wildman–Crippen LogP) is 4.49. The molecule has 1 aromatic carbocycles. The van der Waals surface area contributed by atoms with E-state index in [0.717, 1.165) is 38.5 Å². The van der Waals surface area contributed by atoms with Crippen LogP contribution in [-0.4, -0.2) is 77.3 Å². The first-order valence-corrected chi connectivity index (χ1v) is 21.5. The zero-order valence-electron chi connectivity index (χ0n) is 30.7. The first kappa shape index (κ1) is 42.7. The number of rotatable bonds is 19. The number of nitrogens with one attached hydrogen (secondary N) is 3. The molecule has 2 aliphatic rings. The van der Waals surface area contributed by atoms with E-state index in [1.54, 1.807) is 24.3 Å². The summed E-state index contributed by atoms with van der Waals surface area (Å²) in [6.45, 7) is 9.93. The van der Waals surface area contributed by atoms with Crippen molar-refractivity contribution in [3.05, 3.63) is 35.9 Å². The van der Waals surface area contributed by atoms with Gasteiger partial charge < -0.3 is 26.6 Å². The van der Waals surface area contributed by atoms with Crippen molar-refractivity contribution >= 4 is 62.0 Å². The molecule has 0 spiro atoms. The van der Waals surface area contributed by atoms with E-state index >= 15 is 0 Å². The molecule has 0 aromatic heterocycles. The Balaban J connectivity index is 1.85. The number of nitrogens with two attached hydrogens (primary N) is 1. The van der Waals surface area contributed by atoms with Gasteiger partial charge in [0.25, 0.3) is 11.8 Å². The Labute approximate surface area is 317 Å². The van der Waals surface area contributed by atoms with Gasteiger partial charge >= 0.3 is 6.03 Å². The van der Waals surface area contributed by atoms with E-state index < -0.39 is 61.5 Å². The quantitative estimate of drug-likeness (QED) is 0.0685. The average Bonchev–Trinajstić information content (AvgIpc) is 3.05. The standard InChI is InChI=1S/C37H58IN5O7S/c1-23(2)25(5)20-43(33(38)35(46)40-29(32(44)34(39)45)19-26-15-12-16-26)36(47)31(28-17-10-7-11-18-28)42-37(48)41-30(24(3)4)22-51(49,50)21-27-13-8-6-9-14-27/h6,8-9,13-14,23-26,28-31,33H,7,10-12,15-22H2,1-5H3,(H2,39,45)(H,40,46)(H2,41,42,48)/t25-,29?,30-,31+,33-/m1/s1. The number of halogens is 1. The highest BCUT2D eigenvalue weighted by Gasteiger charge is 2.40. The number of alkyl halides is 1. The smallest absolute Gasteiger partial charge is 0.315 e. The zero-order valence-corrected chi connectivity index (χ0v) is 33.7. The number of primary amides is 1. The van der Waals surface area contributed by atoms with Gasteiger partial charge in [0.1, 0.15) is 6.04 Å². The molecular formula is C37H58IN5O7S. The number of nitrogens with zero attached hydrogens (tertiary/aromatic N) is 1. The maximum Gasteiger partial charge on any atom is 0.315 e. The number of benzene rings is 1. The minimum Gasteiger partial charge on any atom is -0.363 e. The molecule has 1 aromatic rings. The van der Waals surface area contributed by atoms with Gasteiger partial charge in [0.2, 0.25) is 11.7 Å². The van der Waals surface area contributed by atoms with E-state index in [1.807, 2.05) is 63.3 Å². The number of ketones is 1. The molecule has 5 N–H and O–H groups in total. The maximum absolute atomic E-state index is 14.7. The summed E-state index contributed by atoms with van der Waals surface area (Å²) in [6, 6.07) is 5.46. The van der Waals surface area contributed by atoms with Crippen LogP contribution in [0.4, 0.5) is 4.79 Å². The molecule has 0 saturated heterocycles. The summed E-state index contributed by atoms with van der Waals surface area (Å²) in [4.78, 5) is 68.2. The fourth-order valence-electron chi connectivity index (χ4n) is 6.60. The number of hydrogen-bond donors (Lipinski definition) is 4. The number of amides is 5.